The highest BCUT2D eigenvalue weighted by Gasteiger charge is 2.26. The smallest absolute Gasteiger partial charge is 0.308 e. The van der Waals surface area contributed by atoms with E-state index in [-0.39, 0.29) is 18.2 Å². The molecule has 1 amide bonds. The predicted molar refractivity (Wildman–Crippen MR) is 71.9 cm³/mol. The minimum Gasteiger partial charge on any atom is -0.481 e. The van der Waals surface area contributed by atoms with Gasteiger partial charge in [0.2, 0.25) is 0 Å². The zero-order valence-corrected chi connectivity index (χ0v) is 11.6. The van der Waals surface area contributed by atoms with Gasteiger partial charge in [-0.3, -0.25) is 14.4 Å². The maximum Gasteiger partial charge on any atom is 0.308 e. The van der Waals surface area contributed by atoms with Crippen molar-refractivity contribution in [2.24, 2.45) is 5.92 Å². The summed E-state index contributed by atoms with van der Waals surface area (Å²) < 4.78 is 0. The van der Waals surface area contributed by atoms with Crippen LogP contribution in [0.4, 0.5) is 0 Å². The summed E-state index contributed by atoms with van der Waals surface area (Å²) in [5, 5.41) is 11.4. The fourth-order valence-corrected chi connectivity index (χ4v) is 2.42. The number of amides is 1. The molecular weight excluding hydrogens is 260 g/mol. The molecule has 1 aromatic heterocycles. The molecule has 3 N–H and O–H groups in total. The van der Waals surface area contributed by atoms with Crippen LogP contribution in [0.5, 0.6) is 0 Å². The lowest BCUT2D eigenvalue weighted by atomic mass is 9.94. The number of carbonyl (C=O) groups excluding carboxylic acids is 2. The predicted octanol–water partition coefficient (Wildman–Crippen LogP) is 1.29. The summed E-state index contributed by atoms with van der Waals surface area (Å²) in [6.45, 7) is 3.33. The van der Waals surface area contributed by atoms with Gasteiger partial charge >= 0.3 is 5.97 Å². The highest BCUT2D eigenvalue weighted by atomic mass is 16.4. The van der Waals surface area contributed by atoms with Crippen LogP contribution in [0.2, 0.25) is 0 Å². The topological polar surface area (TPSA) is 99.3 Å². The molecule has 108 valence electrons. The number of aromatic nitrogens is 1. The molecule has 1 aliphatic rings. The van der Waals surface area contributed by atoms with Crippen molar-refractivity contribution in [3.63, 3.8) is 0 Å². The molecule has 0 unspecified atom stereocenters. The first kappa shape index (κ1) is 14.3. The van der Waals surface area contributed by atoms with Gasteiger partial charge in [-0.2, -0.15) is 0 Å². The Morgan fingerprint density at radius 2 is 2.10 bits per heavy atom. The molecule has 1 aromatic rings. The van der Waals surface area contributed by atoms with Gasteiger partial charge in [-0.25, -0.2) is 0 Å². The van der Waals surface area contributed by atoms with E-state index >= 15 is 0 Å². The number of rotatable bonds is 4. The van der Waals surface area contributed by atoms with Crippen LogP contribution in [0, 0.1) is 12.8 Å². The van der Waals surface area contributed by atoms with E-state index in [0.717, 1.165) is 18.5 Å². The van der Waals surface area contributed by atoms with Gasteiger partial charge in [0.25, 0.3) is 5.91 Å². The maximum atomic E-state index is 12.1. The van der Waals surface area contributed by atoms with Crippen molar-refractivity contribution in [1.82, 2.24) is 10.3 Å². The SMILES string of the molecule is Cc1c(C(=O)NC[C@@H](C)C(=O)O)[nH]c2c1C(=O)CCC2. The molecule has 1 heterocycles. The van der Waals surface area contributed by atoms with E-state index in [0.29, 0.717) is 23.2 Å². The summed E-state index contributed by atoms with van der Waals surface area (Å²) in [5.74, 6) is -1.90. The number of aromatic amines is 1. The Balaban J connectivity index is 2.15. The number of hydrogen-bond acceptors (Lipinski definition) is 3. The van der Waals surface area contributed by atoms with Crippen molar-refractivity contribution in [1.29, 1.82) is 0 Å². The van der Waals surface area contributed by atoms with E-state index < -0.39 is 11.9 Å². The number of H-pyrrole nitrogens is 1. The zero-order chi connectivity index (χ0) is 14.9. The van der Waals surface area contributed by atoms with Crippen LogP contribution in [0.3, 0.4) is 0 Å². The van der Waals surface area contributed by atoms with Crippen molar-refractivity contribution in [2.75, 3.05) is 6.54 Å². The molecule has 1 atom stereocenters. The standard InChI is InChI=1S/C14H18N2O4/c1-7(14(19)20)6-15-13(18)12-8(2)11-9(16-12)4-3-5-10(11)17/h7,16H,3-6H2,1-2H3,(H,15,18)(H,19,20)/t7-/m1/s1. The third kappa shape index (κ3) is 2.59. The fourth-order valence-electron chi connectivity index (χ4n) is 2.42. The second kappa shape index (κ2) is 5.48. The molecule has 0 aliphatic heterocycles. The fraction of sp³-hybridized carbons (Fsp3) is 0.500. The van der Waals surface area contributed by atoms with E-state index in [4.69, 9.17) is 5.11 Å². The molecule has 6 heteroatoms. The van der Waals surface area contributed by atoms with Crippen LogP contribution < -0.4 is 5.32 Å². The highest BCUT2D eigenvalue weighted by Crippen LogP contribution is 2.26. The molecule has 20 heavy (non-hydrogen) atoms. The van der Waals surface area contributed by atoms with Gasteiger partial charge in [-0.1, -0.05) is 6.92 Å². The van der Waals surface area contributed by atoms with Gasteiger partial charge < -0.3 is 15.4 Å². The molecular formula is C14H18N2O4. The lowest BCUT2D eigenvalue weighted by Crippen LogP contribution is -2.32. The number of aryl methyl sites for hydroxylation is 1. The Bertz CT molecular complexity index is 574. The first-order valence-electron chi connectivity index (χ1n) is 6.67. The molecule has 1 aliphatic carbocycles. The molecule has 0 radical (unpaired) electrons. The van der Waals surface area contributed by atoms with Crippen LogP contribution in [-0.4, -0.2) is 34.3 Å². The van der Waals surface area contributed by atoms with Crippen molar-refractivity contribution in [3.8, 4) is 0 Å². The number of nitrogens with one attached hydrogen (secondary N) is 2. The lowest BCUT2D eigenvalue weighted by Gasteiger charge is -2.09. The number of Topliss-reactive ketones (excluding diaryl/α,β-unsaturated/α-hetero) is 1. The third-order valence-corrected chi connectivity index (χ3v) is 3.65. The minimum absolute atomic E-state index is 0.0608. The summed E-state index contributed by atoms with van der Waals surface area (Å²) in [6.07, 6.45) is 2.08. The van der Waals surface area contributed by atoms with Gasteiger partial charge in [0, 0.05) is 24.2 Å². The number of hydrogen-bond donors (Lipinski definition) is 3. The Morgan fingerprint density at radius 3 is 2.70 bits per heavy atom. The Kier molecular flexibility index (Phi) is 3.92. The van der Waals surface area contributed by atoms with Crippen LogP contribution in [-0.2, 0) is 11.2 Å². The number of fused-ring (bicyclic) bond motifs is 1. The molecule has 0 bridgehead atoms. The van der Waals surface area contributed by atoms with Gasteiger partial charge in [-0.05, 0) is 25.3 Å². The van der Waals surface area contributed by atoms with Gasteiger partial charge in [-0.15, -0.1) is 0 Å². The molecule has 0 fully saturated rings. The number of aliphatic carboxylic acids is 1. The Morgan fingerprint density at radius 1 is 1.40 bits per heavy atom. The normalized spacial score (nSPS) is 15.6. The number of ketones is 1. The van der Waals surface area contributed by atoms with E-state index in [1.807, 2.05) is 0 Å². The average molecular weight is 278 g/mol. The third-order valence-electron chi connectivity index (χ3n) is 3.65. The summed E-state index contributed by atoms with van der Waals surface area (Å²) in [7, 11) is 0. The summed E-state index contributed by atoms with van der Waals surface area (Å²) in [4.78, 5) is 37.7. The van der Waals surface area contributed by atoms with Crippen LogP contribution in [0.1, 0.15) is 51.9 Å². The van der Waals surface area contributed by atoms with Crippen LogP contribution in [0.25, 0.3) is 0 Å². The van der Waals surface area contributed by atoms with Crippen LogP contribution >= 0.6 is 0 Å². The first-order chi connectivity index (χ1) is 9.41. The maximum absolute atomic E-state index is 12.1. The number of carbonyl (C=O) groups is 3. The van der Waals surface area contributed by atoms with Crippen molar-refractivity contribution in [3.05, 3.63) is 22.5 Å². The Labute approximate surface area is 116 Å². The second-order valence-corrected chi connectivity index (χ2v) is 5.20. The van der Waals surface area contributed by atoms with E-state index in [1.54, 1.807) is 6.92 Å². The van der Waals surface area contributed by atoms with Crippen molar-refractivity contribution < 1.29 is 19.5 Å². The number of carboxylic acids is 1. The lowest BCUT2D eigenvalue weighted by molar-refractivity contribution is -0.140. The average Bonchev–Trinajstić information content (AvgIpc) is 2.74. The molecule has 0 saturated heterocycles. The Hall–Kier alpha value is -2.11. The van der Waals surface area contributed by atoms with E-state index in [2.05, 4.69) is 10.3 Å². The van der Waals surface area contributed by atoms with Crippen molar-refractivity contribution in [2.45, 2.75) is 33.1 Å². The van der Waals surface area contributed by atoms with Crippen molar-refractivity contribution >= 4 is 17.7 Å². The van der Waals surface area contributed by atoms with E-state index in [9.17, 15) is 14.4 Å². The first-order valence-corrected chi connectivity index (χ1v) is 6.67. The molecule has 6 nitrogen and oxygen atoms in total. The van der Waals surface area contributed by atoms with Crippen LogP contribution in [0.15, 0.2) is 0 Å². The molecule has 0 aromatic carbocycles. The van der Waals surface area contributed by atoms with E-state index in [1.165, 1.54) is 6.92 Å². The monoisotopic (exact) mass is 278 g/mol. The highest BCUT2D eigenvalue weighted by molar-refractivity contribution is 6.04. The summed E-state index contributed by atoms with van der Waals surface area (Å²) in [5.41, 5.74) is 2.47. The quantitative estimate of drug-likeness (QED) is 0.772. The molecule has 0 spiro atoms. The molecule has 0 saturated carbocycles. The molecule has 2 rings (SSSR count). The van der Waals surface area contributed by atoms with Gasteiger partial charge in [0.1, 0.15) is 5.69 Å². The summed E-state index contributed by atoms with van der Waals surface area (Å²) >= 11 is 0. The van der Waals surface area contributed by atoms with Gasteiger partial charge in [0.15, 0.2) is 5.78 Å². The number of carboxylic acid groups (broad SMARTS) is 1. The second-order valence-electron chi connectivity index (χ2n) is 5.20. The minimum atomic E-state index is -0.956. The largest absolute Gasteiger partial charge is 0.481 e. The van der Waals surface area contributed by atoms with Gasteiger partial charge in [0.05, 0.1) is 5.92 Å². The zero-order valence-electron chi connectivity index (χ0n) is 11.6. The summed E-state index contributed by atoms with van der Waals surface area (Å²) in [6, 6.07) is 0.